The van der Waals surface area contributed by atoms with Crippen molar-refractivity contribution in [3.8, 4) is 0 Å². The number of esters is 1. The maximum absolute atomic E-state index is 13.0. The Bertz CT molecular complexity index is 708. The number of nitrogens with one attached hydrogen (secondary N) is 1. The fourth-order valence-corrected chi connectivity index (χ4v) is 1.93. The molecule has 0 fully saturated rings. The molecule has 0 saturated heterocycles. The molecular weight excluding hydrogens is 293 g/mol. The normalized spacial score (nSPS) is 13.1. The zero-order chi connectivity index (χ0) is 15.8. The Hall–Kier alpha value is -2.58. The molecule has 1 N–H and O–H groups in total. The first-order valence-corrected chi connectivity index (χ1v) is 5.69. The van der Waals surface area contributed by atoms with Crippen LogP contribution in [-0.4, -0.2) is 22.1 Å². The van der Waals surface area contributed by atoms with Crippen molar-refractivity contribution in [3.05, 3.63) is 40.1 Å². The number of non-ortho nitro benzene ring substituents is 1. The third-order valence-corrected chi connectivity index (χ3v) is 2.77. The Morgan fingerprint density at radius 3 is 2.62 bits per heavy atom. The van der Waals surface area contributed by atoms with Crippen LogP contribution in [0.3, 0.4) is 0 Å². The molecule has 9 heteroatoms. The van der Waals surface area contributed by atoms with E-state index in [-0.39, 0.29) is 22.2 Å². The van der Waals surface area contributed by atoms with Gasteiger partial charge in [-0.25, -0.2) is 0 Å². The second kappa shape index (κ2) is 5.08. The number of halogens is 3. The van der Waals surface area contributed by atoms with E-state index in [2.05, 4.69) is 9.72 Å². The number of carbonyl (C=O) groups is 1. The molecule has 1 heterocycles. The first-order chi connectivity index (χ1) is 9.70. The van der Waals surface area contributed by atoms with Gasteiger partial charge in [-0.1, -0.05) is 0 Å². The summed E-state index contributed by atoms with van der Waals surface area (Å²) in [4.78, 5) is 23.4. The molecule has 2 rings (SSSR count). The Kier molecular flexibility index (Phi) is 3.58. The predicted octanol–water partition coefficient (Wildman–Crippen LogP) is 3.24. The van der Waals surface area contributed by atoms with E-state index in [0.717, 1.165) is 25.3 Å². The lowest BCUT2D eigenvalue weighted by Gasteiger charge is -2.19. The topological polar surface area (TPSA) is 85.2 Å². The summed E-state index contributed by atoms with van der Waals surface area (Å²) >= 11 is 0. The van der Waals surface area contributed by atoms with Crippen molar-refractivity contribution >= 4 is 22.6 Å². The number of aromatic amines is 1. The van der Waals surface area contributed by atoms with Crippen LogP contribution in [0.2, 0.25) is 0 Å². The number of fused-ring (bicyclic) bond motifs is 1. The fraction of sp³-hybridized carbons (Fsp3) is 0.250. The minimum Gasteiger partial charge on any atom is -0.448 e. The second-order valence-electron chi connectivity index (χ2n) is 4.26. The third kappa shape index (κ3) is 2.96. The number of carbonyl (C=O) groups excluding carboxylic acids is 1. The van der Waals surface area contributed by atoms with Crippen molar-refractivity contribution in [2.75, 3.05) is 0 Å². The molecule has 0 spiro atoms. The smallest absolute Gasteiger partial charge is 0.429 e. The van der Waals surface area contributed by atoms with Gasteiger partial charge >= 0.3 is 12.1 Å². The van der Waals surface area contributed by atoms with E-state index >= 15 is 0 Å². The highest BCUT2D eigenvalue weighted by atomic mass is 19.4. The molecule has 1 atom stereocenters. The first-order valence-electron chi connectivity index (χ1n) is 5.69. The number of nitro groups is 1. The maximum atomic E-state index is 13.0. The number of nitro benzene ring substituents is 1. The monoisotopic (exact) mass is 302 g/mol. The maximum Gasteiger partial charge on any atom is 0.429 e. The summed E-state index contributed by atoms with van der Waals surface area (Å²) < 4.78 is 43.3. The molecule has 0 amide bonds. The molecule has 1 aromatic heterocycles. The van der Waals surface area contributed by atoms with E-state index in [1.165, 1.54) is 6.07 Å². The summed E-state index contributed by atoms with van der Waals surface area (Å²) in [6.07, 6.45) is -6.29. The van der Waals surface area contributed by atoms with Crippen molar-refractivity contribution in [1.29, 1.82) is 0 Å². The highest BCUT2D eigenvalue weighted by Gasteiger charge is 2.45. The fourth-order valence-electron chi connectivity index (χ4n) is 1.93. The molecule has 1 aromatic carbocycles. The predicted molar refractivity (Wildman–Crippen MR) is 65.5 cm³/mol. The van der Waals surface area contributed by atoms with Crippen LogP contribution in [0.25, 0.3) is 10.9 Å². The molecule has 0 aliphatic rings. The van der Waals surface area contributed by atoms with E-state index in [9.17, 15) is 28.1 Å². The van der Waals surface area contributed by atoms with Gasteiger partial charge in [0.2, 0.25) is 6.10 Å². The lowest BCUT2D eigenvalue weighted by Crippen LogP contribution is -2.25. The van der Waals surface area contributed by atoms with Crippen LogP contribution in [0.4, 0.5) is 18.9 Å². The van der Waals surface area contributed by atoms with Crippen molar-refractivity contribution in [2.45, 2.75) is 19.2 Å². The van der Waals surface area contributed by atoms with E-state index in [4.69, 9.17) is 0 Å². The van der Waals surface area contributed by atoms with Crippen molar-refractivity contribution in [3.63, 3.8) is 0 Å². The van der Waals surface area contributed by atoms with Crippen LogP contribution in [0.5, 0.6) is 0 Å². The van der Waals surface area contributed by atoms with E-state index in [0.29, 0.717) is 0 Å². The third-order valence-electron chi connectivity index (χ3n) is 2.77. The van der Waals surface area contributed by atoms with Crippen molar-refractivity contribution in [1.82, 2.24) is 4.98 Å². The molecule has 112 valence electrons. The molecule has 0 bridgehead atoms. The minimum atomic E-state index is -4.83. The summed E-state index contributed by atoms with van der Waals surface area (Å²) in [7, 11) is 0. The van der Waals surface area contributed by atoms with Gasteiger partial charge in [-0.2, -0.15) is 13.2 Å². The number of nitrogens with zero attached hydrogens (tertiary/aromatic N) is 1. The lowest BCUT2D eigenvalue weighted by molar-refractivity contribution is -0.384. The van der Waals surface area contributed by atoms with Gasteiger partial charge in [0.05, 0.1) is 4.92 Å². The SMILES string of the molecule is CC(=O)O[C@@H](c1c[nH]c2ccc([N+](=O)[O-])cc12)C(F)(F)F. The summed E-state index contributed by atoms with van der Waals surface area (Å²) in [5.74, 6) is -1.10. The standard InChI is InChI=1S/C12H9F3N2O4/c1-6(18)21-11(12(13,14)15)9-5-16-10-3-2-7(17(19)20)4-8(9)10/h2-5,11,16H,1H3/t11-/m0/s1. The highest BCUT2D eigenvalue weighted by Crippen LogP contribution is 2.39. The van der Waals surface area contributed by atoms with Crippen molar-refractivity contribution in [2.24, 2.45) is 0 Å². The summed E-state index contributed by atoms with van der Waals surface area (Å²) in [6.45, 7) is 0.857. The first kappa shape index (κ1) is 14.8. The van der Waals surface area contributed by atoms with Crippen LogP contribution in [0.1, 0.15) is 18.6 Å². The molecule has 2 aromatic rings. The Balaban J connectivity index is 2.59. The largest absolute Gasteiger partial charge is 0.448 e. The zero-order valence-corrected chi connectivity index (χ0v) is 10.6. The number of benzene rings is 1. The summed E-state index contributed by atoms with van der Waals surface area (Å²) in [5.41, 5.74) is -0.458. The Labute approximate surface area is 115 Å². The Morgan fingerprint density at radius 2 is 2.10 bits per heavy atom. The zero-order valence-electron chi connectivity index (χ0n) is 10.6. The molecule has 0 saturated carbocycles. The average molecular weight is 302 g/mol. The van der Waals surface area contributed by atoms with Crippen LogP contribution in [0.15, 0.2) is 24.4 Å². The van der Waals surface area contributed by atoms with E-state index < -0.39 is 23.2 Å². The minimum absolute atomic E-state index is 0.0206. The summed E-state index contributed by atoms with van der Waals surface area (Å²) in [6, 6.07) is 3.46. The van der Waals surface area contributed by atoms with Gasteiger partial charge < -0.3 is 9.72 Å². The number of hydrogen-bond acceptors (Lipinski definition) is 4. The van der Waals surface area contributed by atoms with Crippen LogP contribution in [0, 0.1) is 10.1 Å². The van der Waals surface area contributed by atoms with Gasteiger partial charge in [0.1, 0.15) is 0 Å². The van der Waals surface area contributed by atoms with Gasteiger partial charge in [0, 0.05) is 41.7 Å². The van der Waals surface area contributed by atoms with Gasteiger partial charge in [0.15, 0.2) is 0 Å². The van der Waals surface area contributed by atoms with Gasteiger partial charge in [-0.3, -0.25) is 14.9 Å². The second-order valence-corrected chi connectivity index (χ2v) is 4.26. The number of hydrogen-bond donors (Lipinski definition) is 1. The highest BCUT2D eigenvalue weighted by molar-refractivity contribution is 5.86. The molecule has 0 aliphatic carbocycles. The van der Waals surface area contributed by atoms with Crippen LogP contribution >= 0.6 is 0 Å². The number of ether oxygens (including phenoxy) is 1. The molecule has 21 heavy (non-hydrogen) atoms. The van der Waals surface area contributed by atoms with Crippen LogP contribution < -0.4 is 0 Å². The van der Waals surface area contributed by atoms with Crippen LogP contribution in [-0.2, 0) is 9.53 Å². The quantitative estimate of drug-likeness (QED) is 0.536. The molecule has 0 aliphatic heterocycles. The average Bonchev–Trinajstić information content (AvgIpc) is 2.76. The van der Waals surface area contributed by atoms with E-state index in [1.54, 1.807) is 0 Å². The number of H-pyrrole nitrogens is 1. The molecule has 0 radical (unpaired) electrons. The van der Waals surface area contributed by atoms with Crippen molar-refractivity contribution < 1.29 is 27.6 Å². The number of alkyl halides is 3. The number of rotatable bonds is 3. The Morgan fingerprint density at radius 1 is 1.43 bits per heavy atom. The lowest BCUT2D eigenvalue weighted by atomic mass is 10.1. The van der Waals surface area contributed by atoms with E-state index in [1.807, 2.05) is 0 Å². The molecular formula is C12H9F3N2O4. The molecule has 6 nitrogen and oxygen atoms in total. The van der Waals surface area contributed by atoms with Gasteiger partial charge in [-0.15, -0.1) is 0 Å². The molecule has 0 unspecified atom stereocenters. The van der Waals surface area contributed by atoms with Gasteiger partial charge in [0.25, 0.3) is 5.69 Å². The van der Waals surface area contributed by atoms with Gasteiger partial charge in [-0.05, 0) is 6.07 Å². The summed E-state index contributed by atoms with van der Waals surface area (Å²) in [5, 5.41) is 10.7. The number of aromatic nitrogens is 1.